The molecule has 1 fully saturated rings. The Kier molecular flexibility index (Phi) is 5.88. The van der Waals surface area contributed by atoms with E-state index in [0.29, 0.717) is 4.88 Å². The molecule has 0 bridgehead atoms. The number of ketones is 1. The summed E-state index contributed by atoms with van der Waals surface area (Å²) in [6.45, 7) is 8.19. The average Bonchev–Trinajstić information content (AvgIpc) is 3.05. The molecule has 136 valence electrons. The van der Waals surface area contributed by atoms with Crippen LogP contribution in [0.25, 0.3) is 6.08 Å². The van der Waals surface area contributed by atoms with Gasteiger partial charge in [0.25, 0.3) is 0 Å². The van der Waals surface area contributed by atoms with Crippen LogP contribution in [0, 0.1) is 0 Å². The molecule has 8 heteroatoms. The second-order valence-corrected chi connectivity index (χ2v) is 8.15. The summed E-state index contributed by atoms with van der Waals surface area (Å²) in [4.78, 5) is 24.0. The summed E-state index contributed by atoms with van der Waals surface area (Å²) in [5, 5.41) is 8.67. The smallest absolute Gasteiger partial charge is 0.481 e. The number of carbonyl (C=O) groups is 2. The number of carbonyl (C=O) groups excluding carboxylic acids is 1. The highest BCUT2D eigenvalue weighted by molar-refractivity contribution is 7.15. The molecule has 6 nitrogen and oxygen atoms in total. The van der Waals surface area contributed by atoms with Crippen LogP contribution in [0.1, 0.15) is 55.1 Å². The molecule has 2 heterocycles. The number of aliphatic carboxylic acids is 1. The molecule has 1 aromatic heterocycles. The fraction of sp³-hybridized carbons (Fsp3) is 0.529. The molecule has 1 aliphatic heterocycles. The van der Waals surface area contributed by atoms with Crippen molar-refractivity contribution in [1.82, 2.24) is 0 Å². The van der Waals surface area contributed by atoms with E-state index in [1.54, 1.807) is 6.07 Å². The van der Waals surface area contributed by atoms with E-state index in [1.165, 1.54) is 11.3 Å². The Bertz CT molecular complexity index is 679. The lowest BCUT2D eigenvalue weighted by Crippen LogP contribution is -2.41. The zero-order chi connectivity index (χ0) is 18.8. The van der Waals surface area contributed by atoms with Crippen molar-refractivity contribution in [2.75, 3.05) is 6.54 Å². The van der Waals surface area contributed by atoms with Crippen molar-refractivity contribution in [3.63, 3.8) is 0 Å². The number of hydrogen-bond donors (Lipinski definition) is 2. The van der Waals surface area contributed by atoms with Crippen LogP contribution in [-0.4, -0.2) is 41.7 Å². The minimum absolute atomic E-state index is 0.0000267. The summed E-state index contributed by atoms with van der Waals surface area (Å²) >= 11 is 1.31. The Morgan fingerprint density at radius 1 is 1.20 bits per heavy atom. The number of nitrogens with two attached hydrogens (primary N) is 1. The molecule has 0 aromatic carbocycles. The molecule has 1 saturated heterocycles. The molecule has 0 saturated carbocycles. The maximum Gasteiger partial charge on any atom is 0.491 e. The van der Waals surface area contributed by atoms with E-state index in [1.807, 2.05) is 39.8 Å². The Morgan fingerprint density at radius 3 is 2.32 bits per heavy atom. The fourth-order valence-electron chi connectivity index (χ4n) is 2.32. The van der Waals surface area contributed by atoms with E-state index in [2.05, 4.69) is 0 Å². The van der Waals surface area contributed by atoms with Gasteiger partial charge >= 0.3 is 13.1 Å². The summed E-state index contributed by atoms with van der Waals surface area (Å²) in [5.41, 5.74) is 5.78. The summed E-state index contributed by atoms with van der Waals surface area (Å²) in [7, 11) is -0.525. The van der Waals surface area contributed by atoms with Crippen molar-refractivity contribution in [1.29, 1.82) is 0 Å². The van der Waals surface area contributed by atoms with Crippen LogP contribution in [0.3, 0.4) is 0 Å². The third-order valence-corrected chi connectivity index (χ3v) is 5.66. The maximum absolute atomic E-state index is 12.0. The Balaban J connectivity index is 2.13. The molecule has 0 radical (unpaired) electrons. The number of rotatable bonds is 7. The Labute approximate surface area is 152 Å². The minimum atomic E-state index is -0.976. The molecular formula is C17H24BNO5S. The number of thiophene rings is 1. The highest BCUT2D eigenvalue weighted by atomic mass is 32.1. The second kappa shape index (κ2) is 7.41. The lowest BCUT2D eigenvalue weighted by atomic mass is 9.77. The first-order valence-electron chi connectivity index (χ1n) is 8.17. The summed E-state index contributed by atoms with van der Waals surface area (Å²) in [6.07, 6.45) is 1.71. The van der Waals surface area contributed by atoms with Gasteiger partial charge in [-0.1, -0.05) is 0 Å². The number of carboxylic acids is 1. The van der Waals surface area contributed by atoms with Gasteiger partial charge in [0.1, 0.15) is 0 Å². The zero-order valence-electron chi connectivity index (χ0n) is 15.0. The van der Waals surface area contributed by atoms with Crippen LogP contribution >= 0.6 is 11.3 Å². The van der Waals surface area contributed by atoms with Gasteiger partial charge in [-0.3, -0.25) is 9.59 Å². The van der Waals surface area contributed by atoms with Crippen molar-refractivity contribution < 1.29 is 24.0 Å². The lowest BCUT2D eigenvalue weighted by molar-refractivity contribution is -0.136. The van der Waals surface area contributed by atoms with Crippen LogP contribution < -0.4 is 5.73 Å². The van der Waals surface area contributed by atoms with Gasteiger partial charge in [0.15, 0.2) is 5.78 Å². The normalized spacial score (nSPS) is 19.2. The van der Waals surface area contributed by atoms with Crippen LogP contribution in [0.2, 0.25) is 0 Å². The predicted molar refractivity (Wildman–Crippen MR) is 98.6 cm³/mol. The monoisotopic (exact) mass is 365 g/mol. The molecular weight excluding hydrogens is 341 g/mol. The van der Waals surface area contributed by atoms with Crippen molar-refractivity contribution in [3.8, 4) is 0 Å². The Hall–Kier alpha value is -1.48. The van der Waals surface area contributed by atoms with E-state index in [0.717, 1.165) is 10.3 Å². The first-order valence-corrected chi connectivity index (χ1v) is 8.98. The molecule has 0 unspecified atom stereocenters. The molecule has 0 aliphatic carbocycles. The molecule has 2 rings (SSSR count). The molecule has 0 atom stereocenters. The molecule has 25 heavy (non-hydrogen) atoms. The van der Waals surface area contributed by atoms with Gasteiger partial charge in [-0.25, -0.2) is 0 Å². The predicted octanol–water partition coefficient (Wildman–Crippen LogP) is 2.77. The fourth-order valence-corrected chi connectivity index (χ4v) is 3.28. The first kappa shape index (κ1) is 19.8. The highest BCUT2D eigenvalue weighted by Crippen LogP contribution is 2.38. The van der Waals surface area contributed by atoms with E-state index >= 15 is 0 Å². The van der Waals surface area contributed by atoms with Gasteiger partial charge in [0, 0.05) is 17.8 Å². The van der Waals surface area contributed by atoms with E-state index in [9.17, 15) is 9.59 Å². The Morgan fingerprint density at radius 2 is 1.80 bits per heavy atom. The standard InChI is InChI=1S/C17H24BNO5S/c1-16(2)17(3,4)24-18(23-16)11(10-19)9-12-5-7-14(25-12)13(20)6-8-15(21)22/h5,7,9H,6,8,10,19H2,1-4H3,(H,21,22). The number of Topliss-reactive ketones (excluding diaryl/α,β-unsaturated/α-hetero) is 1. The minimum Gasteiger partial charge on any atom is -0.481 e. The number of hydrogen-bond acceptors (Lipinski definition) is 6. The van der Waals surface area contributed by atoms with Crippen LogP contribution in [0.4, 0.5) is 0 Å². The number of carboxylic acid groups (broad SMARTS) is 1. The summed E-state index contributed by atoms with van der Waals surface area (Å²) < 4.78 is 12.0. The quantitative estimate of drug-likeness (QED) is 0.569. The lowest BCUT2D eigenvalue weighted by Gasteiger charge is -2.32. The van der Waals surface area contributed by atoms with Crippen LogP contribution in [-0.2, 0) is 14.1 Å². The van der Waals surface area contributed by atoms with Crippen molar-refractivity contribution >= 4 is 36.3 Å². The van der Waals surface area contributed by atoms with Crippen molar-refractivity contribution in [2.45, 2.75) is 51.7 Å². The van der Waals surface area contributed by atoms with Gasteiger partial charge in [-0.2, -0.15) is 0 Å². The largest absolute Gasteiger partial charge is 0.491 e. The average molecular weight is 365 g/mol. The molecule has 1 aromatic rings. The van der Waals surface area contributed by atoms with Gasteiger partial charge in [0.05, 0.1) is 22.5 Å². The third-order valence-electron chi connectivity index (χ3n) is 4.59. The van der Waals surface area contributed by atoms with Gasteiger partial charge in [-0.05, 0) is 51.4 Å². The third kappa shape index (κ3) is 4.58. The summed E-state index contributed by atoms with van der Waals surface area (Å²) in [5.74, 6) is -1.15. The summed E-state index contributed by atoms with van der Waals surface area (Å²) in [6, 6.07) is 3.53. The maximum atomic E-state index is 12.0. The zero-order valence-corrected chi connectivity index (χ0v) is 15.8. The van der Waals surface area contributed by atoms with Crippen LogP contribution in [0.15, 0.2) is 17.6 Å². The second-order valence-electron chi connectivity index (χ2n) is 7.03. The van der Waals surface area contributed by atoms with Gasteiger partial charge in [-0.15, -0.1) is 11.3 Å². The van der Waals surface area contributed by atoms with Crippen molar-refractivity contribution in [3.05, 3.63) is 27.4 Å². The van der Waals surface area contributed by atoms with Crippen LogP contribution in [0.5, 0.6) is 0 Å². The first-order chi connectivity index (χ1) is 11.6. The van der Waals surface area contributed by atoms with E-state index in [-0.39, 0.29) is 25.2 Å². The topological polar surface area (TPSA) is 98.9 Å². The van der Waals surface area contributed by atoms with Gasteiger partial charge < -0.3 is 20.1 Å². The molecule has 0 amide bonds. The van der Waals surface area contributed by atoms with Crippen molar-refractivity contribution in [2.24, 2.45) is 5.73 Å². The molecule has 1 aliphatic rings. The highest BCUT2D eigenvalue weighted by Gasteiger charge is 2.52. The van der Waals surface area contributed by atoms with E-state index in [4.69, 9.17) is 20.1 Å². The molecule has 3 N–H and O–H groups in total. The SMILES string of the molecule is CC1(C)OB(C(=Cc2ccc(C(=O)CCC(=O)O)s2)CN)OC1(C)C. The van der Waals surface area contributed by atoms with Gasteiger partial charge in [0.2, 0.25) is 0 Å². The molecule has 0 spiro atoms. The van der Waals surface area contributed by atoms with E-state index < -0.39 is 24.3 Å².